The van der Waals surface area contributed by atoms with E-state index >= 15 is 0 Å². The zero-order valence-corrected chi connectivity index (χ0v) is 7.20. The summed E-state index contributed by atoms with van der Waals surface area (Å²) in [5.41, 5.74) is 1.69. The third-order valence-corrected chi connectivity index (χ3v) is 1.98. The molecule has 2 rings (SSSR count). The monoisotopic (exact) mass is 174 g/mol. The van der Waals surface area contributed by atoms with Gasteiger partial charge in [-0.15, -0.1) is 5.10 Å². The number of rotatable bonds is 1. The molecular formula is C10H10N2O. The van der Waals surface area contributed by atoms with Crippen molar-refractivity contribution in [1.29, 1.82) is 0 Å². The number of hydrogen-bond donors (Lipinski definition) is 1. The SMILES string of the molecule is OCC#Cc1ccc(C2CC2)nn1. The standard InChI is InChI=1S/C10H10N2O/c13-7-1-2-9-5-6-10(12-11-9)8-3-4-8/h5-6,8,13H,3-4,7H2. The fraction of sp³-hybridized carbons (Fsp3) is 0.400. The molecule has 3 nitrogen and oxygen atoms in total. The van der Waals surface area contributed by atoms with Crippen molar-refractivity contribution in [1.82, 2.24) is 10.2 Å². The van der Waals surface area contributed by atoms with Crippen molar-refractivity contribution < 1.29 is 5.11 Å². The Kier molecular flexibility index (Phi) is 2.24. The lowest BCUT2D eigenvalue weighted by molar-refractivity contribution is 0.350. The van der Waals surface area contributed by atoms with Gasteiger partial charge in [0.2, 0.25) is 0 Å². The quantitative estimate of drug-likeness (QED) is 0.637. The van der Waals surface area contributed by atoms with Crippen molar-refractivity contribution in [3.63, 3.8) is 0 Å². The van der Waals surface area contributed by atoms with Crippen LogP contribution < -0.4 is 0 Å². The fourth-order valence-corrected chi connectivity index (χ4v) is 1.14. The zero-order valence-electron chi connectivity index (χ0n) is 7.20. The number of aliphatic hydroxyl groups excluding tert-OH is 1. The van der Waals surface area contributed by atoms with Crippen LogP contribution in [0.4, 0.5) is 0 Å². The molecule has 0 unspecified atom stereocenters. The van der Waals surface area contributed by atoms with Crippen LogP contribution in [0.15, 0.2) is 12.1 Å². The summed E-state index contributed by atoms with van der Waals surface area (Å²) in [5.74, 6) is 5.87. The van der Waals surface area contributed by atoms with E-state index in [1.165, 1.54) is 12.8 Å². The molecule has 0 aliphatic heterocycles. The van der Waals surface area contributed by atoms with Crippen LogP contribution in [0.3, 0.4) is 0 Å². The predicted octanol–water partition coefficient (Wildman–Crippen LogP) is 0.698. The summed E-state index contributed by atoms with van der Waals surface area (Å²) in [6.07, 6.45) is 2.46. The summed E-state index contributed by atoms with van der Waals surface area (Å²) in [5, 5.41) is 16.5. The molecule has 1 aromatic rings. The molecule has 0 radical (unpaired) electrons. The molecule has 66 valence electrons. The van der Waals surface area contributed by atoms with Crippen LogP contribution in [0.2, 0.25) is 0 Å². The van der Waals surface area contributed by atoms with Gasteiger partial charge in [-0.3, -0.25) is 0 Å². The highest BCUT2D eigenvalue weighted by Gasteiger charge is 2.24. The summed E-state index contributed by atoms with van der Waals surface area (Å²) in [4.78, 5) is 0. The van der Waals surface area contributed by atoms with Crippen LogP contribution in [0.5, 0.6) is 0 Å². The summed E-state index contributed by atoms with van der Waals surface area (Å²) in [6, 6.07) is 3.81. The zero-order chi connectivity index (χ0) is 9.10. The molecule has 0 atom stereocenters. The number of hydrogen-bond acceptors (Lipinski definition) is 3. The maximum atomic E-state index is 8.46. The summed E-state index contributed by atoms with van der Waals surface area (Å²) in [6.45, 7) is -0.133. The first-order valence-electron chi connectivity index (χ1n) is 4.33. The third kappa shape index (κ3) is 2.04. The Balaban J connectivity index is 2.13. The number of aromatic nitrogens is 2. The van der Waals surface area contributed by atoms with E-state index < -0.39 is 0 Å². The molecular weight excluding hydrogens is 164 g/mol. The second-order valence-electron chi connectivity index (χ2n) is 3.08. The normalized spacial score (nSPS) is 14.8. The molecule has 0 saturated heterocycles. The van der Waals surface area contributed by atoms with Crippen molar-refractivity contribution in [3.8, 4) is 11.8 Å². The van der Waals surface area contributed by atoms with Crippen LogP contribution in [-0.4, -0.2) is 21.9 Å². The van der Waals surface area contributed by atoms with E-state index in [0.29, 0.717) is 11.6 Å². The highest BCUT2D eigenvalue weighted by atomic mass is 16.2. The Bertz CT molecular complexity index is 343. The van der Waals surface area contributed by atoms with Gasteiger partial charge in [0.05, 0.1) is 5.69 Å². The molecule has 1 aliphatic carbocycles. The average molecular weight is 174 g/mol. The Morgan fingerprint density at radius 3 is 2.77 bits per heavy atom. The first-order valence-corrected chi connectivity index (χ1v) is 4.33. The molecule has 3 heteroatoms. The summed E-state index contributed by atoms with van der Waals surface area (Å²) < 4.78 is 0. The van der Waals surface area contributed by atoms with E-state index in [9.17, 15) is 0 Å². The molecule has 1 heterocycles. The van der Waals surface area contributed by atoms with Crippen molar-refractivity contribution in [2.45, 2.75) is 18.8 Å². The van der Waals surface area contributed by atoms with Crippen LogP contribution >= 0.6 is 0 Å². The largest absolute Gasteiger partial charge is 0.384 e. The molecule has 13 heavy (non-hydrogen) atoms. The Labute approximate surface area is 76.8 Å². The Hall–Kier alpha value is -1.40. The number of nitrogens with zero attached hydrogens (tertiary/aromatic N) is 2. The topological polar surface area (TPSA) is 46.0 Å². The average Bonchev–Trinajstić information content (AvgIpc) is 2.99. The van der Waals surface area contributed by atoms with Gasteiger partial charge >= 0.3 is 0 Å². The molecule has 0 aromatic carbocycles. The Morgan fingerprint density at radius 2 is 2.23 bits per heavy atom. The van der Waals surface area contributed by atoms with Crippen molar-refractivity contribution in [2.75, 3.05) is 6.61 Å². The van der Waals surface area contributed by atoms with Crippen LogP contribution in [-0.2, 0) is 0 Å². The molecule has 1 aliphatic rings. The molecule has 1 aromatic heterocycles. The Morgan fingerprint density at radius 1 is 1.38 bits per heavy atom. The van der Waals surface area contributed by atoms with E-state index in [0.717, 1.165) is 5.69 Å². The smallest absolute Gasteiger partial charge is 0.135 e. The minimum absolute atomic E-state index is 0.133. The van der Waals surface area contributed by atoms with Crippen molar-refractivity contribution in [2.24, 2.45) is 0 Å². The van der Waals surface area contributed by atoms with Gasteiger partial charge in [0.25, 0.3) is 0 Å². The minimum atomic E-state index is -0.133. The van der Waals surface area contributed by atoms with Gasteiger partial charge in [-0.05, 0) is 30.9 Å². The van der Waals surface area contributed by atoms with Gasteiger partial charge in [0, 0.05) is 5.92 Å². The van der Waals surface area contributed by atoms with Crippen LogP contribution in [0.25, 0.3) is 0 Å². The lowest BCUT2D eigenvalue weighted by atomic mass is 10.2. The highest BCUT2D eigenvalue weighted by molar-refractivity contribution is 5.28. The molecule has 1 saturated carbocycles. The van der Waals surface area contributed by atoms with Gasteiger partial charge in [0.1, 0.15) is 12.3 Å². The first-order chi connectivity index (χ1) is 6.40. The minimum Gasteiger partial charge on any atom is -0.384 e. The lowest BCUT2D eigenvalue weighted by Gasteiger charge is -1.93. The second kappa shape index (κ2) is 3.55. The second-order valence-corrected chi connectivity index (χ2v) is 3.08. The third-order valence-electron chi connectivity index (χ3n) is 1.98. The van der Waals surface area contributed by atoms with E-state index in [1.54, 1.807) is 0 Å². The van der Waals surface area contributed by atoms with E-state index in [2.05, 4.69) is 22.0 Å². The maximum absolute atomic E-state index is 8.46. The van der Waals surface area contributed by atoms with Crippen molar-refractivity contribution >= 4 is 0 Å². The summed E-state index contributed by atoms with van der Waals surface area (Å²) in [7, 11) is 0. The van der Waals surface area contributed by atoms with Crippen LogP contribution in [0, 0.1) is 11.8 Å². The molecule has 1 N–H and O–H groups in total. The number of aliphatic hydroxyl groups is 1. The van der Waals surface area contributed by atoms with E-state index in [4.69, 9.17) is 5.11 Å². The van der Waals surface area contributed by atoms with Gasteiger partial charge in [-0.25, -0.2) is 0 Å². The van der Waals surface area contributed by atoms with Gasteiger partial charge in [-0.2, -0.15) is 5.10 Å². The molecule has 1 fully saturated rings. The van der Waals surface area contributed by atoms with Crippen molar-refractivity contribution in [3.05, 3.63) is 23.5 Å². The highest BCUT2D eigenvalue weighted by Crippen LogP contribution is 2.38. The van der Waals surface area contributed by atoms with Gasteiger partial charge in [-0.1, -0.05) is 5.92 Å². The summed E-state index contributed by atoms with van der Waals surface area (Å²) >= 11 is 0. The molecule has 0 bridgehead atoms. The molecule has 0 spiro atoms. The van der Waals surface area contributed by atoms with E-state index in [-0.39, 0.29) is 6.61 Å². The lowest BCUT2D eigenvalue weighted by Crippen LogP contribution is -1.92. The first kappa shape index (κ1) is 8.21. The van der Waals surface area contributed by atoms with E-state index in [1.807, 2.05) is 12.1 Å². The van der Waals surface area contributed by atoms with Crippen LogP contribution in [0.1, 0.15) is 30.1 Å². The molecule has 0 amide bonds. The van der Waals surface area contributed by atoms with Gasteiger partial charge < -0.3 is 5.11 Å². The predicted molar refractivity (Wildman–Crippen MR) is 48.0 cm³/mol. The maximum Gasteiger partial charge on any atom is 0.135 e. The fourth-order valence-electron chi connectivity index (χ4n) is 1.14. The van der Waals surface area contributed by atoms with Gasteiger partial charge in [0.15, 0.2) is 0 Å².